The van der Waals surface area contributed by atoms with Crippen LogP contribution in [0.25, 0.3) is 0 Å². The molecule has 0 aliphatic rings. The van der Waals surface area contributed by atoms with Gasteiger partial charge in [0.2, 0.25) is 0 Å². The van der Waals surface area contributed by atoms with Gasteiger partial charge in [0.25, 0.3) is 5.91 Å². The van der Waals surface area contributed by atoms with Gasteiger partial charge in [-0.2, -0.15) is 0 Å². The molecule has 0 spiro atoms. The molecule has 2 rings (SSSR count). The van der Waals surface area contributed by atoms with Crippen LogP contribution in [0, 0.1) is 11.8 Å². The van der Waals surface area contributed by atoms with Crippen LogP contribution in [0.4, 0.5) is 0 Å². The van der Waals surface area contributed by atoms with Crippen LogP contribution in [-0.2, 0) is 6.54 Å². The maximum atomic E-state index is 11.9. The highest BCUT2D eigenvalue weighted by Crippen LogP contribution is 2.21. The summed E-state index contributed by atoms with van der Waals surface area (Å²) in [5, 5.41) is 11.4. The van der Waals surface area contributed by atoms with Crippen molar-refractivity contribution in [3.63, 3.8) is 0 Å². The minimum atomic E-state index is -0.175. The maximum Gasteiger partial charge on any atom is 0.251 e. The molecule has 0 atom stereocenters. The molecule has 2 N–H and O–H groups in total. The molecule has 1 amide bonds. The third-order valence-corrected chi connectivity index (χ3v) is 3.74. The average Bonchev–Trinajstić information content (AvgIpc) is 2.89. The van der Waals surface area contributed by atoms with Crippen LogP contribution in [0.3, 0.4) is 0 Å². The molecule has 0 unspecified atom stereocenters. The number of thiophene rings is 1. The van der Waals surface area contributed by atoms with Crippen LogP contribution in [0.2, 0.25) is 4.34 Å². The van der Waals surface area contributed by atoms with Gasteiger partial charge in [0.05, 0.1) is 10.9 Å². The van der Waals surface area contributed by atoms with Crippen LogP contribution in [-0.4, -0.2) is 17.6 Å². The summed E-state index contributed by atoms with van der Waals surface area (Å²) < 4.78 is 0.709. The Kier molecular flexibility index (Phi) is 5.19. The van der Waals surface area contributed by atoms with Gasteiger partial charge < -0.3 is 10.4 Å². The summed E-state index contributed by atoms with van der Waals surface area (Å²) in [6.07, 6.45) is 0. The molecule has 102 valence electrons. The number of benzene rings is 1. The fourth-order valence-corrected chi connectivity index (χ4v) is 2.59. The topological polar surface area (TPSA) is 49.3 Å². The zero-order valence-corrected chi connectivity index (χ0v) is 12.1. The van der Waals surface area contributed by atoms with E-state index in [1.54, 1.807) is 24.3 Å². The van der Waals surface area contributed by atoms with Crippen LogP contribution in [0.1, 0.15) is 20.8 Å². The van der Waals surface area contributed by atoms with E-state index in [-0.39, 0.29) is 12.5 Å². The van der Waals surface area contributed by atoms with E-state index in [0.717, 1.165) is 10.4 Å². The van der Waals surface area contributed by atoms with Crippen molar-refractivity contribution in [1.29, 1.82) is 0 Å². The smallest absolute Gasteiger partial charge is 0.251 e. The SMILES string of the molecule is O=C(NCc1ccc(Cl)s1)c1ccc(C#CCO)cc1. The van der Waals surface area contributed by atoms with E-state index in [4.69, 9.17) is 16.7 Å². The zero-order chi connectivity index (χ0) is 14.4. The summed E-state index contributed by atoms with van der Waals surface area (Å²) in [6, 6.07) is 10.6. The van der Waals surface area contributed by atoms with Crippen LogP contribution in [0.15, 0.2) is 36.4 Å². The minimum absolute atomic E-state index is 0.142. The highest BCUT2D eigenvalue weighted by molar-refractivity contribution is 7.16. The Labute approximate surface area is 126 Å². The first kappa shape index (κ1) is 14.6. The summed E-state index contributed by atoms with van der Waals surface area (Å²) in [5.41, 5.74) is 1.34. The van der Waals surface area contributed by atoms with E-state index in [2.05, 4.69) is 17.2 Å². The highest BCUT2D eigenvalue weighted by atomic mass is 35.5. The Morgan fingerprint density at radius 2 is 2.00 bits per heavy atom. The van der Waals surface area contributed by atoms with Crippen molar-refractivity contribution in [2.24, 2.45) is 0 Å². The number of aliphatic hydroxyl groups excluding tert-OH is 1. The highest BCUT2D eigenvalue weighted by Gasteiger charge is 2.05. The van der Waals surface area contributed by atoms with E-state index in [1.165, 1.54) is 11.3 Å². The van der Waals surface area contributed by atoms with Gasteiger partial charge in [0, 0.05) is 16.0 Å². The van der Waals surface area contributed by atoms with Crippen molar-refractivity contribution >= 4 is 28.8 Å². The molecule has 2 aromatic rings. The number of nitrogens with one attached hydrogen (secondary N) is 1. The standard InChI is InChI=1S/C15H12ClNO2S/c16-14-8-7-13(20-14)10-17-15(19)12-5-3-11(4-6-12)2-1-9-18/h3-8,18H,9-10H2,(H,17,19). The molecule has 0 bridgehead atoms. The third-order valence-electron chi connectivity index (χ3n) is 2.51. The number of hydrogen-bond donors (Lipinski definition) is 2. The van der Waals surface area contributed by atoms with Crippen molar-refractivity contribution in [3.05, 3.63) is 56.7 Å². The van der Waals surface area contributed by atoms with E-state index < -0.39 is 0 Å². The number of rotatable bonds is 3. The largest absolute Gasteiger partial charge is 0.384 e. The predicted octanol–water partition coefficient (Wildman–Crippen LogP) is 2.68. The molecule has 0 saturated carbocycles. The number of halogens is 1. The van der Waals surface area contributed by atoms with E-state index in [1.807, 2.05) is 12.1 Å². The van der Waals surface area contributed by atoms with Crippen molar-refractivity contribution < 1.29 is 9.90 Å². The number of amides is 1. The number of hydrogen-bond acceptors (Lipinski definition) is 3. The molecular formula is C15H12ClNO2S. The fourth-order valence-electron chi connectivity index (χ4n) is 1.56. The molecule has 1 aromatic heterocycles. The molecule has 5 heteroatoms. The summed E-state index contributed by atoms with van der Waals surface area (Å²) in [7, 11) is 0. The van der Waals surface area contributed by atoms with Crippen molar-refractivity contribution in [2.45, 2.75) is 6.54 Å². The van der Waals surface area contributed by atoms with Gasteiger partial charge in [0.1, 0.15) is 6.61 Å². The fraction of sp³-hybridized carbons (Fsp3) is 0.133. The average molecular weight is 306 g/mol. The van der Waals surface area contributed by atoms with Gasteiger partial charge in [-0.05, 0) is 36.4 Å². The first-order valence-electron chi connectivity index (χ1n) is 5.91. The molecule has 1 heterocycles. The normalized spacial score (nSPS) is 9.70. The Morgan fingerprint density at radius 3 is 2.60 bits per heavy atom. The quantitative estimate of drug-likeness (QED) is 0.857. The van der Waals surface area contributed by atoms with E-state index in [0.29, 0.717) is 16.4 Å². The molecule has 3 nitrogen and oxygen atoms in total. The first-order chi connectivity index (χ1) is 9.69. The second-order valence-corrected chi connectivity index (χ2v) is 5.73. The lowest BCUT2D eigenvalue weighted by Crippen LogP contribution is -2.22. The summed E-state index contributed by atoms with van der Waals surface area (Å²) in [5.74, 6) is 5.19. The first-order valence-corrected chi connectivity index (χ1v) is 7.10. The lowest BCUT2D eigenvalue weighted by atomic mass is 10.1. The van der Waals surface area contributed by atoms with Crippen molar-refractivity contribution in [3.8, 4) is 11.8 Å². The lowest BCUT2D eigenvalue weighted by molar-refractivity contribution is 0.0951. The van der Waals surface area contributed by atoms with Crippen molar-refractivity contribution in [2.75, 3.05) is 6.61 Å². The number of carbonyl (C=O) groups is 1. The monoisotopic (exact) mass is 305 g/mol. The van der Waals surface area contributed by atoms with Crippen LogP contribution >= 0.6 is 22.9 Å². The molecule has 0 radical (unpaired) electrons. The van der Waals surface area contributed by atoms with Crippen LogP contribution < -0.4 is 5.32 Å². The molecule has 1 aromatic carbocycles. The summed E-state index contributed by atoms with van der Waals surface area (Å²) in [4.78, 5) is 12.9. The van der Waals surface area contributed by atoms with Crippen molar-refractivity contribution in [1.82, 2.24) is 5.32 Å². The maximum absolute atomic E-state index is 11.9. The summed E-state index contributed by atoms with van der Waals surface area (Å²) in [6.45, 7) is 0.286. The third kappa shape index (κ3) is 4.10. The van der Waals surface area contributed by atoms with Gasteiger partial charge in [0.15, 0.2) is 0 Å². The zero-order valence-electron chi connectivity index (χ0n) is 10.5. The van der Waals surface area contributed by atoms with Gasteiger partial charge in [-0.3, -0.25) is 4.79 Å². The van der Waals surface area contributed by atoms with Gasteiger partial charge in [-0.15, -0.1) is 11.3 Å². The number of aliphatic hydroxyl groups is 1. The van der Waals surface area contributed by atoms with Gasteiger partial charge in [-0.1, -0.05) is 23.4 Å². The molecular weight excluding hydrogens is 294 g/mol. The lowest BCUT2D eigenvalue weighted by Gasteiger charge is -2.03. The Bertz CT molecular complexity index is 653. The Balaban J connectivity index is 1.95. The number of carbonyl (C=O) groups excluding carboxylic acids is 1. The second-order valence-electron chi connectivity index (χ2n) is 3.93. The summed E-state index contributed by atoms with van der Waals surface area (Å²) >= 11 is 7.27. The molecule has 0 aliphatic heterocycles. The van der Waals surface area contributed by atoms with E-state index in [9.17, 15) is 4.79 Å². The molecule has 0 fully saturated rings. The Morgan fingerprint density at radius 1 is 1.25 bits per heavy atom. The van der Waals surface area contributed by atoms with Gasteiger partial charge >= 0.3 is 0 Å². The van der Waals surface area contributed by atoms with E-state index >= 15 is 0 Å². The predicted molar refractivity (Wildman–Crippen MR) is 80.9 cm³/mol. The molecule has 0 aliphatic carbocycles. The van der Waals surface area contributed by atoms with Crippen LogP contribution in [0.5, 0.6) is 0 Å². The molecule has 20 heavy (non-hydrogen) atoms. The van der Waals surface area contributed by atoms with Gasteiger partial charge in [-0.25, -0.2) is 0 Å². The second kappa shape index (κ2) is 7.11. The minimum Gasteiger partial charge on any atom is -0.384 e. The Hall–Kier alpha value is -1.80. The molecule has 0 saturated heterocycles.